The van der Waals surface area contributed by atoms with Crippen LogP contribution < -0.4 is 20.5 Å². The first-order valence-corrected chi connectivity index (χ1v) is 14.1. The summed E-state index contributed by atoms with van der Waals surface area (Å²) in [6.07, 6.45) is 0. The van der Waals surface area contributed by atoms with E-state index in [1.54, 1.807) is 24.6 Å². The number of nitrogens with two attached hydrogens (primary N) is 1. The number of nitrogens with one attached hydrogen (secondary N) is 2. The van der Waals surface area contributed by atoms with Crippen LogP contribution in [0.3, 0.4) is 0 Å². The normalized spacial score (nSPS) is 12.0. The molecule has 196 valence electrons. The molecule has 2 aromatic heterocycles. The molecular weight excluding hydrogens is 534 g/mol. The molecule has 0 aliphatic carbocycles. The number of fused-ring (bicyclic) bond motifs is 1. The van der Waals surface area contributed by atoms with E-state index >= 15 is 0 Å². The van der Waals surface area contributed by atoms with Gasteiger partial charge in [-0.3, -0.25) is 14.2 Å². The molecule has 0 atom stereocenters. The molecule has 0 saturated heterocycles. The van der Waals surface area contributed by atoms with E-state index in [1.165, 1.54) is 19.2 Å². The Bertz CT molecular complexity index is 1550. The van der Waals surface area contributed by atoms with Crippen molar-refractivity contribution >= 4 is 55.6 Å². The fourth-order valence-corrected chi connectivity index (χ4v) is 6.20. The molecule has 2 aromatic carbocycles. The lowest BCUT2D eigenvalue weighted by molar-refractivity contribution is -0.129. The quantitative estimate of drug-likeness (QED) is 0.266. The van der Waals surface area contributed by atoms with E-state index < -0.39 is 15.4 Å². The van der Waals surface area contributed by atoms with E-state index in [9.17, 15) is 13.2 Å². The van der Waals surface area contributed by atoms with Gasteiger partial charge in [0.1, 0.15) is 9.96 Å². The van der Waals surface area contributed by atoms with Crippen molar-refractivity contribution in [3.8, 4) is 5.75 Å². The Hall–Kier alpha value is -3.12. The number of thiophene rings is 1. The number of sulfonamides is 1. The second kappa shape index (κ2) is 10.7. The van der Waals surface area contributed by atoms with Crippen molar-refractivity contribution in [3.05, 3.63) is 70.1 Å². The van der Waals surface area contributed by atoms with Gasteiger partial charge in [-0.2, -0.15) is 5.10 Å². The molecule has 2 heterocycles. The number of aromatic nitrogens is 2. The summed E-state index contributed by atoms with van der Waals surface area (Å²) in [5.74, 6) is 0.531. The summed E-state index contributed by atoms with van der Waals surface area (Å²) in [7, 11) is -2.38. The van der Waals surface area contributed by atoms with E-state index in [1.807, 2.05) is 36.4 Å². The summed E-state index contributed by atoms with van der Waals surface area (Å²) in [5.41, 5.74) is 7.59. The number of anilines is 1. The molecule has 0 unspecified atom stereocenters. The van der Waals surface area contributed by atoms with E-state index in [2.05, 4.69) is 15.1 Å². The summed E-state index contributed by atoms with van der Waals surface area (Å²) in [6, 6.07) is 16.2. The number of halogens is 1. The first-order valence-electron chi connectivity index (χ1n) is 11.4. The molecule has 0 aliphatic rings. The van der Waals surface area contributed by atoms with Crippen molar-refractivity contribution < 1.29 is 17.9 Å². The van der Waals surface area contributed by atoms with Crippen LogP contribution >= 0.6 is 22.9 Å². The average molecular weight is 562 g/mol. The molecule has 0 bridgehead atoms. The van der Waals surface area contributed by atoms with Gasteiger partial charge in [0.25, 0.3) is 10.0 Å². The summed E-state index contributed by atoms with van der Waals surface area (Å²) < 4.78 is 36.3. The molecule has 0 aliphatic heterocycles. The Morgan fingerprint density at radius 2 is 1.89 bits per heavy atom. The van der Waals surface area contributed by atoms with Crippen molar-refractivity contribution in [2.24, 2.45) is 11.1 Å². The van der Waals surface area contributed by atoms with E-state index in [4.69, 9.17) is 22.1 Å². The number of methoxy groups -OCH3 is 1. The number of rotatable bonds is 10. The van der Waals surface area contributed by atoms with E-state index in [0.717, 1.165) is 22.5 Å². The van der Waals surface area contributed by atoms with Gasteiger partial charge >= 0.3 is 0 Å². The van der Waals surface area contributed by atoms with Crippen LogP contribution in [0.1, 0.15) is 25.0 Å². The van der Waals surface area contributed by atoms with Gasteiger partial charge < -0.3 is 15.8 Å². The smallest absolute Gasteiger partial charge is 0.272 e. The number of amides is 1. The van der Waals surface area contributed by atoms with Crippen molar-refractivity contribution in [2.75, 3.05) is 18.4 Å². The van der Waals surface area contributed by atoms with Gasteiger partial charge in [-0.25, -0.2) is 8.42 Å². The highest BCUT2D eigenvalue weighted by Crippen LogP contribution is 2.35. The van der Waals surface area contributed by atoms with Crippen LogP contribution in [0.15, 0.2) is 58.8 Å². The first kappa shape index (κ1) is 26.9. The number of hydrogen-bond acceptors (Lipinski definition) is 7. The minimum absolute atomic E-state index is 0.0858. The Labute approximate surface area is 224 Å². The lowest BCUT2D eigenvalue weighted by Gasteiger charge is -2.21. The molecule has 1 amide bonds. The van der Waals surface area contributed by atoms with Crippen LogP contribution in [0.2, 0.25) is 4.34 Å². The Kier molecular flexibility index (Phi) is 7.79. The van der Waals surface area contributed by atoms with Crippen molar-refractivity contribution in [1.82, 2.24) is 15.1 Å². The highest BCUT2D eigenvalue weighted by molar-refractivity contribution is 7.94. The van der Waals surface area contributed by atoms with Crippen molar-refractivity contribution in [3.63, 3.8) is 0 Å². The van der Waals surface area contributed by atoms with Gasteiger partial charge in [0, 0.05) is 13.1 Å². The Morgan fingerprint density at radius 1 is 1.16 bits per heavy atom. The fraction of sp³-hybridized carbons (Fsp3) is 0.280. The van der Waals surface area contributed by atoms with Crippen LogP contribution in [0.4, 0.5) is 5.82 Å². The van der Waals surface area contributed by atoms with Gasteiger partial charge in [-0.15, -0.1) is 11.3 Å². The van der Waals surface area contributed by atoms with Crippen molar-refractivity contribution in [2.45, 2.75) is 31.1 Å². The maximum Gasteiger partial charge on any atom is 0.272 e. The second-order valence-corrected chi connectivity index (χ2v) is 12.7. The lowest BCUT2D eigenvalue weighted by atomic mass is 9.92. The molecule has 0 radical (unpaired) electrons. The molecular formula is C25H28ClN5O4S2. The third kappa shape index (κ3) is 5.90. The number of benzene rings is 2. The van der Waals surface area contributed by atoms with Crippen LogP contribution in [0.5, 0.6) is 5.75 Å². The maximum atomic E-state index is 13.0. The summed E-state index contributed by atoms with van der Waals surface area (Å²) in [5, 5.41) is 8.07. The standard InChI is InChI=1S/C25H28ClN5O4S2/c1-25(2,15-27)24(32)28-13-16-6-4-7-17(12-16)14-31-18-8-5-9-19(35-3)22(18)23(29-31)30-37(33,34)21-11-10-20(26)36-21/h4-12H,13-15,27H2,1-3H3,(H,28,32)(H,29,30). The second-order valence-electron chi connectivity index (χ2n) is 9.12. The minimum atomic E-state index is -3.90. The number of carbonyl (C=O) groups is 1. The van der Waals surface area contributed by atoms with Gasteiger partial charge in [0.05, 0.1) is 34.3 Å². The van der Waals surface area contributed by atoms with Crippen LogP contribution in [-0.4, -0.2) is 37.8 Å². The zero-order valence-corrected chi connectivity index (χ0v) is 23.0. The van der Waals surface area contributed by atoms with Crippen LogP contribution in [0.25, 0.3) is 10.9 Å². The van der Waals surface area contributed by atoms with E-state index in [0.29, 0.717) is 34.1 Å². The molecule has 4 N–H and O–H groups in total. The largest absolute Gasteiger partial charge is 0.496 e. The SMILES string of the molecule is COc1cccc2c1c(NS(=O)(=O)c1ccc(Cl)s1)nn2Cc1cccc(CNC(=O)C(C)(C)CN)c1. The molecule has 0 saturated carbocycles. The highest BCUT2D eigenvalue weighted by atomic mass is 35.5. The molecule has 37 heavy (non-hydrogen) atoms. The van der Waals surface area contributed by atoms with Crippen molar-refractivity contribution in [1.29, 1.82) is 0 Å². The molecule has 4 aromatic rings. The molecule has 9 nitrogen and oxygen atoms in total. The van der Waals surface area contributed by atoms with Crippen LogP contribution in [-0.2, 0) is 27.9 Å². The monoisotopic (exact) mass is 561 g/mol. The van der Waals surface area contributed by atoms with Gasteiger partial charge in [-0.1, -0.05) is 41.9 Å². The van der Waals surface area contributed by atoms with Gasteiger partial charge in [0.15, 0.2) is 5.82 Å². The molecule has 0 spiro atoms. The van der Waals surface area contributed by atoms with Gasteiger partial charge in [0.2, 0.25) is 5.91 Å². The first-order chi connectivity index (χ1) is 17.5. The summed E-state index contributed by atoms with van der Waals surface area (Å²) in [4.78, 5) is 12.4. The molecule has 4 rings (SSSR count). The third-order valence-electron chi connectivity index (χ3n) is 5.91. The zero-order chi connectivity index (χ0) is 26.8. The predicted octanol–water partition coefficient (Wildman–Crippen LogP) is 4.21. The molecule has 12 heteroatoms. The highest BCUT2D eigenvalue weighted by Gasteiger charge is 2.25. The van der Waals surface area contributed by atoms with E-state index in [-0.39, 0.29) is 22.5 Å². The zero-order valence-electron chi connectivity index (χ0n) is 20.6. The Balaban J connectivity index is 1.63. The summed E-state index contributed by atoms with van der Waals surface area (Å²) in [6.45, 7) is 4.58. The summed E-state index contributed by atoms with van der Waals surface area (Å²) >= 11 is 6.91. The number of hydrogen-bond donors (Lipinski definition) is 3. The predicted molar refractivity (Wildman–Crippen MR) is 147 cm³/mol. The number of nitrogens with zero attached hydrogens (tertiary/aromatic N) is 2. The van der Waals surface area contributed by atoms with Gasteiger partial charge in [-0.05, 0) is 49.2 Å². The van der Waals surface area contributed by atoms with Crippen LogP contribution in [0, 0.1) is 5.41 Å². The average Bonchev–Trinajstić information content (AvgIpc) is 3.46. The topological polar surface area (TPSA) is 128 Å². The lowest BCUT2D eigenvalue weighted by Crippen LogP contribution is -2.41. The fourth-order valence-electron chi connectivity index (χ4n) is 3.70. The number of carbonyl (C=O) groups excluding carboxylic acids is 1. The Morgan fingerprint density at radius 3 is 2.57 bits per heavy atom. The number of ether oxygens (including phenoxy) is 1. The maximum absolute atomic E-state index is 13.0. The molecule has 0 fully saturated rings. The third-order valence-corrected chi connectivity index (χ3v) is 8.97. The minimum Gasteiger partial charge on any atom is -0.496 e.